The van der Waals surface area contributed by atoms with E-state index in [1.807, 2.05) is 6.08 Å². The molecule has 0 spiro atoms. The molecular weight excluding hydrogens is 731 g/mol. The first-order chi connectivity index (χ1) is 28.3. The van der Waals surface area contributed by atoms with E-state index >= 15 is 0 Å². The van der Waals surface area contributed by atoms with Gasteiger partial charge in [-0.15, -0.1) is 0 Å². The Morgan fingerprint density at radius 1 is 0.569 bits per heavy atom. The second kappa shape index (κ2) is 39.5. The van der Waals surface area contributed by atoms with Crippen LogP contribution in [0.15, 0.2) is 36.5 Å². The van der Waals surface area contributed by atoms with Crippen LogP contribution in [-0.4, -0.2) is 87.5 Å². The number of carbonyl (C=O) groups excluding carboxylic acids is 1. The fourth-order valence-electron chi connectivity index (χ4n) is 7.54. The maximum absolute atomic E-state index is 12.8. The average molecular weight is 822 g/mol. The smallest absolute Gasteiger partial charge is 0.220 e. The molecule has 1 saturated heterocycles. The Balaban J connectivity index is 2.18. The predicted octanol–water partition coefficient (Wildman–Crippen LogP) is 10.5. The van der Waals surface area contributed by atoms with Crippen molar-refractivity contribution in [3.05, 3.63) is 36.5 Å². The third kappa shape index (κ3) is 29.6. The van der Waals surface area contributed by atoms with Crippen LogP contribution in [0.4, 0.5) is 0 Å². The molecule has 340 valence electrons. The molecule has 1 heterocycles. The van der Waals surface area contributed by atoms with Gasteiger partial charge in [0, 0.05) is 6.42 Å². The molecule has 0 radical (unpaired) electrons. The van der Waals surface area contributed by atoms with Crippen molar-refractivity contribution in [2.45, 2.75) is 256 Å². The Labute approximate surface area is 355 Å². The lowest BCUT2D eigenvalue weighted by atomic mass is 9.99. The SMILES string of the molecule is CCCCCCCCCCCCCCCCCCCCC/C=C/CC/C=C/CC/C=C/C(O)C(COC1OC(CO)C(O)C(O)C1O)NC(=O)CCCCCCCC. The number of hydrogen-bond acceptors (Lipinski definition) is 8. The van der Waals surface area contributed by atoms with Gasteiger partial charge in [-0.1, -0.05) is 198 Å². The fourth-order valence-corrected chi connectivity index (χ4v) is 7.54. The van der Waals surface area contributed by atoms with Crippen LogP contribution < -0.4 is 5.32 Å². The molecular formula is C49H91NO8. The largest absolute Gasteiger partial charge is 0.394 e. The number of amides is 1. The maximum atomic E-state index is 12.8. The third-order valence-corrected chi connectivity index (χ3v) is 11.4. The zero-order valence-electron chi connectivity index (χ0n) is 37.3. The number of rotatable bonds is 40. The van der Waals surface area contributed by atoms with Crippen LogP contribution >= 0.6 is 0 Å². The van der Waals surface area contributed by atoms with Crippen molar-refractivity contribution in [1.82, 2.24) is 5.32 Å². The number of allylic oxidation sites excluding steroid dienone is 5. The minimum atomic E-state index is -1.57. The lowest BCUT2D eigenvalue weighted by molar-refractivity contribution is -0.302. The van der Waals surface area contributed by atoms with E-state index in [1.54, 1.807) is 6.08 Å². The Hall–Kier alpha value is -1.59. The number of nitrogens with one attached hydrogen (secondary N) is 1. The van der Waals surface area contributed by atoms with Crippen LogP contribution in [0.25, 0.3) is 0 Å². The zero-order valence-corrected chi connectivity index (χ0v) is 37.3. The van der Waals surface area contributed by atoms with E-state index in [1.165, 1.54) is 135 Å². The van der Waals surface area contributed by atoms with Gasteiger partial charge in [0.2, 0.25) is 5.91 Å². The molecule has 7 unspecified atom stereocenters. The van der Waals surface area contributed by atoms with E-state index in [2.05, 4.69) is 43.5 Å². The van der Waals surface area contributed by atoms with Gasteiger partial charge in [0.15, 0.2) is 6.29 Å². The highest BCUT2D eigenvalue weighted by Gasteiger charge is 2.44. The monoisotopic (exact) mass is 822 g/mol. The van der Waals surface area contributed by atoms with Crippen LogP contribution in [-0.2, 0) is 14.3 Å². The summed E-state index contributed by atoms with van der Waals surface area (Å²) in [6, 6.07) is -0.822. The number of unbranched alkanes of at least 4 members (excludes halogenated alkanes) is 26. The normalized spacial score (nSPS) is 21.1. The molecule has 1 fully saturated rings. The Bertz CT molecular complexity index is 1000. The quantitative estimate of drug-likeness (QED) is 0.0264. The fraction of sp³-hybridized carbons (Fsp3) is 0.857. The van der Waals surface area contributed by atoms with E-state index in [0.717, 1.165) is 57.8 Å². The maximum Gasteiger partial charge on any atom is 0.220 e. The van der Waals surface area contributed by atoms with Gasteiger partial charge in [0.05, 0.1) is 25.4 Å². The zero-order chi connectivity index (χ0) is 42.3. The van der Waals surface area contributed by atoms with Gasteiger partial charge < -0.3 is 40.3 Å². The summed E-state index contributed by atoms with van der Waals surface area (Å²) in [5.74, 6) is -0.201. The van der Waals surface area contributed by atoms with Crippen molar-refractivity contribution >= 4 is 5.91 Å². The molecule has 58 heavy (non-hydrogen) atoms. The van der Waals surface area contributed by atoms with Gasteiger partial charge in [-0.25, -0.2) is 0 Å². The van der Waals surface area contributed by atoms with Crippen LogP contribution in [0, 0.1) is 0 Å². The first-order valence-corrected chi connectivity index (χ1v) is 24.2. The molecule has 0 aromatic rings. The van der Waals surface area contributed by atoms with E-state index < -0.39 is 49.5 Å². The van der Waals surface area contributed by atoms with Crippen LogP contribution in [0.2, 0.25) is 0 Å². The summed E-state index contributed by atoms with van der Waals surface area (Å²) in [5, 5.41) is 53.9. The summed E-state index contributed by atoms with van der Waals surface area (Å²) in [6.45, 7) is 3.68. The molecule has 0 aromatic heterocycles. The van der Waals surface area contributed by atoms with Crippen molar-refractivity contribution < 1.29 is 39.8 Å². The van der Waals surface area contributed by atoms with E-state index in [9.17, 15) is 30.3 Å². The van der Waals surface area contributed by atoms with Gasteiger partial charge >= 0.3 is 0 Å². The highest BCUT2D eigenvalue weighted by atomic mass is 16.7. The average Bonchev–Trinajstić information content (AvgIpc) is 3.22. The van der Waals surface area contributed by atoms with Gasteiger partial charge in [-0.3, -0.25) is 4.79 Å². The summed E-state index contributed by atoms with van der Waals surface area (Å²) in [4.78, 5) is 12.8. The lowest BCUT2D eigenvalue weighted by Crippen LogP contribution is -2.60. The topological polar surface area (TPSA) is 149 Å². The summed E-state index contributed by atoms with van der Waals surface area (Å²) < 4.78 is 11.1. The molecule has 9 nitrogen and oxygen atoms in total. The number of aliphatic hydroxyl groups is 5. The Morgan fingerprint density at radius 3 is 1.45 bits per heavy atom. The molecule has 0 aliphatic carbocycles. The lowest BCUT2D eigenvalue weighted by Gasteiger charge is -2.40. The third-order valence-electron chi connectivity index (χ3n) is 11.4. The number of carbonyl (C=O) groups is 1. The molecule has 9 heteroatoms. The molecule has 1 amide bonds. The standard InChI is InChI=1S/C49H91NO8/c1-3-5-7-9-11-12-13-14-15-16-17-18-19-20-21-22-23-24-25-26-27-28-29-30-31-32-33-34-36-38-43(52)42(50-45(53)39-37-35-10-8-6-4-2)41-57-49-48(56)47(55)46(54)44(40-51)58-49/h27-28,31-32,36,38,42-44,46-49,51-52,54-56H,3-26,29-30,33-35,37,39-41H2,1-2H3,(H,50,53)/b28-27+,32-31+,38-36+. The first-order valence-electron chi connectivity index (χ1n) is 24.2. The molecule has 7 atom stereocenters. The summed E-state index contributed by atoms with van der Waals surface area (Å²) in [7, 11) is 0. The second-order valence-electron chi connectivity index (χ2n) is 16.9. The van der Waals surface area contributed by atoms with E-state index in [-0.39, 0.29) is 12.5 Å². The number of ether oxygens (including phenoxy) is 2. The van der Waals surface area contributed by atoms with Gasteiger partial charge in [0.1, 0.15) is 24.4 Å². The van der Waals surface area contributed by atoms with Gasteiger partial charge in [0.25, 0.3) is 0 Å². The van der Waals surface area contributed by atoms with Crippen molar-refractivity contribution in [3.8, 4) is 0 Å². The number of hydrogen-bond donors (Lipinski definition) is 6. The van der Waals surface area contributed by atoms with Crippen molar-refractivity contribution in [2.75, 3.05) is 13.2 Å². The van der Waals surface area contributed by atoms with E-state index in [0.29, 0.717) is 6.42 Å². The highest BCUT2D eigenvalue weighted by molar-refractivity contribution is 5.76. The predicted molar refractivity (Wildman–Crippen MR) is 240 cm³/mol. The Morgan fingerprint density at radius 2 is 0.983 bits per heavy atom. The first kappa shape index (κ1) is 54.4. The minimum Gasteiger partial charge on any atom is -0.394 e. The summed E-state index contributed by atoms with van der Waals surface area (Å²) >= 11 is 0. The van der Waals surface area contributed by atoms with Crippen molar-refractivity contribution in [2.24, 2.45) is 0 Å². The number of aliphatic hydroxyl groups excluding tert-OH is 5. The molecule has 0 bridgehead atoms. The molecule has 0 saturated carbocycles. The summed E-state index contributed by atoms with van der Waals surface area (Å²) in [5.41, 5.74) is 0. The van der Waals surface area contributed by atoms with E-state index in [4.69, 9.17) is 9.47 Å². The van der Waals surface area contributed by atoms with Gasteiger partial charge in [-0.05, 0) is 44.9 Å². The van der Waals surface area contributed by atoms with Crippen LogP contribution in [0.3, 0.4) is 0 Å². The van der Waals surface area contributed by atoms with Gasteiger partial charge in [-0.2, -0.15) is 0 Å². The molecule has 0 aromatic carbocycles. The van der Waals surface area contributed by atoms with Crippen molar-refractivity contribution in [1.29, 1.82) is 0 Å². The van der Waals surface area contributed by atoms with Crippen molar-refractivity contribution in [3.63, 3.8) is 0 Å². The molecule has 6 N–H and O–H groups in total. The molecule has 1 rings (SSSR count). The minimum absolute atomic E-state index is 0.201. The Kier molecular flexibility index (Phi) is 37.1. The summed E-state index contributed by atoms with van der Waals surface area (Å²) in [6.07, 6.45) is 42.6. The molecule has 1 aliphatic heterocycles. The van der Waals surface area contributed by atoms with Crippen LogP contribution in [0.5, 0.6) is 0 Å². The second-order valence-corrected chi connectivity index (χ2v) is 16.9. The highest BCUT2D eigenvalue weighted by Crippen LogP contribution is 2.22. The van der Waals surface area contributed by atoms with Crippen LogP contribution in [0.1, 0.15) is 213 Å². The molecule has 1 aliphatic rings.